The summed E-state index contributed by atoms with van der Waals surface area (Å²) in [6, 6.07) is 17.2. The van der Waals surface area contributed by atoms with Crippen LogP contribution in [0.2, 0.25) is 0 Å². The highest BCUT2D eigenvalue weighted by molar-refractivity contribution is 5.89. The third-order valence-electron chi connectivity index (χ3n) is 4.19. The van der Waals surface area contributed by atoms with E-state index in [-0.39, 0.29) is 18.6 Å². The first-order valence-corrected chi connectivity index (χ1v) is 8.18. The van der Waals surface area contributed by atoms with Gasteiger partial charge >= 0.3 is 6.03 Å². The molecule has 2 aromatic rings. The van der Waals surface area contributed by atoms with Crippen molar-refractivity contribution in [3.05, 3.63) is 60.2 Å². The number of carbonyl (C=O) groups is 1. The van der Waals surface area contributed by atoms with Crippen molar-refractivity contribution >= 4 is 11.7 Å². The minimum atomic E-state index is -0.121. The number of hydrogen-bond acceptors (Lipinski definition) is 3. The Labute approximate surface area is 141 Å². The van der Waals surface area contributed by atoms with Crippen LogP contribution in [0.15, 0.2) is 54.6 Å². The first-order chi connectivity index (χ1) is 11.7. The van der Waals surface area contributed by atoms with Gasteiger partial charge in [-0.05, 0) is 36.2 Å². The van der Waals surface area contributed by atoms with Crippen LogP contribution in [0, 0.1) is 5.92 Å². The van der Waals surface area contributed by atoms with Gasteiger partial charge in [0.2, 0.25) is 0 Å². The molecular formula is C19H22N2O3. The highest BCUT2D eigenvalue weighted by atomic mass is 16.5. The molecule has 0 bridgehead atoms. The zero-order valence-electron chi connectivity index (χ0n) is 13.5. The minimum absolute atomic E-state index is 0.121. The first kappa shape index (κ1) is 16.3. The number of urea groups is 1. The summed E-state index contributed by atoms with van der Waals surface area (Å²) < 4.78 is 5.73. The summed E-state index contributed by atoms with van der Waals surface area (Å²) in [5.41, 5.74) is 1.85. The monoisotopic (exact) mass is 326 g/mol. The first-order valence-electron chi connectivity index (χ1n) is 8.18. The molecular weight excluding hydrogens is 304 g/mol. The minimum Gasteiger partial charge on any atom is -0.489 e. The largest absolute Gasteiger partial charge is 0.489 e. The van der Waals surface area contributed by atoms with Crippen LogP contribution in [-0.2, 0) is 6.61 Å². The second kappa shape index (κ2) is 7.84. The van der Waals surface area contributed by atoms with E-state index in [0.29, 0.717) is 19.7 Å². The number of nitrogens with one attached hydrogen (secondary N) is 1. The maximum absolute atomic E-state index is 12.2. The van der Waals surface area contributed by atoms with Crippen LogP contribution < -0.4 is 10.1 Å². The summed E-state index contributed by atoms with van der Waals surface area (Å²) in [6.45, 7) is 1.95. The van der Waals surface area contributed by atoms with Crippen molar-refractivity contribution in [3.63, 3.8) is 0 Å². The number of rotatable bonds is 5. The van der Waals surface area contributed by atoms with Crippen molar-refractivity contribution in [3.8, 4) is 5.75 Å². The van der Waals surface area contributed by atoms with Gasteiger partial charge in [0, 0.05) is 31.3 Å². The van der Waals surface area contributed by atoms with Crippen LogP contribution in [0.1, 0.15) is 12.0 Å². The summed E-state index contributed by atoms with van der Waals surface area (Å²) in [4.78, 5) is 13.9. The van der Waals surface area contributed by atoms with Gasteiger partial charge in [0.25, 0.3) is 0 Å². The Kier molecular flexibility index (Phi) is 5.33. The second-order valence-electron chi connectivity index (χ2n) is 6.01. The van der Waals surface area contributed by atoms with Crippen LogP contribution in [0.5, 0.6) is 5.75 Å². The summed E-state index contributed by atoms with van der Waals surface area (Å²) in [5, 5.41) is 12.0. The number of ether oxygens (including phenoxy) is 1. The van der Waals surface area contributed by atoms with Gasteiger partial charge in [0.05, 0.1) is 0 Å². The Morgan fingerprint density at radius 1 is 1.17 bits per heavy atom. The normalized spacial score (nSPS) is 16.9. The van der Waals surface area contributed by atoms with E-state index in [1.54, 1.807) is 4.90 Å². The van der Waals surface area contributed by atoms with Crippen LogP contribution in [-0.4, -0.2) is 35.7 Å². The smallest absolute Gasteiger partial charge is 0.321 e. The van der Waals surface area contributed by atoms with Gasteiger partial charge in [-0.25, -0.2) is 4.79 Å². The van der Waals surface area contributed by atoms with E-state index >= 15 is 0 Å². The van der Waals surface area contributed by atoms with Gasteiger partial charge < -0.3 is 20.1 Å². The number of amides is 2. The molecule has 0 radical (unpaired) electrons. The fourth-order valence-corrected chi connectivity index (χ4v) is 2.74. The lowest BCUT2D eigenvalue weighted by Crippen LogP contribution is -2.33. The Balaban J connectivity index is 1.50. The van der Waals surface area contributed by atoms with Crippen molar-refractivity contribution < 1.29 is 14.6 Å². The van der Waals surface area contributed by atoms with Gasteiger partial charge in [-0.1, -0.05) is 30.3 Å². The van der Waals surface area contributed by atoms with E-state index in [2.05, 4.69) is 5.32 Å². The van der Waals surface area contributed by atoms with Crippen molar-refractivity contribution in [1.82, 2.24) is 4.90 Å². The van der Waals surface area contributed by atoms with Crippen LogP contribution in [0.25, 0.3) is 0 Å². The molecule has 1 saturated heterocycles. The second-order valence-corrected chi connectivity index (χ2v) is 6.01. The van der Waals surface area contributed by atoms with Gasteiger partial charge in [-0.2, -0.15) is 0 Å². The van der Waals surface area contributed by atoms with E-state index < -0.39 is 0 Å². The highest BCUT2D eigenvalue weighted by Gasteiger charge is 2.25. The lowest BCUT2D eigenvalue weighted by molar-refractivity contribution is 0.209. The Hall–Kier alpha value is -2.53. The van der Waals surface area contributed by atoms with Crippen LogP contribution >= 0.6 is 0 Å². The molecule has 2 N–H and O–H groups in total. The van der Waals surface area contributed by atoms with Gasteiger partial charge in [-0.15, -0.1) is 0 Å². The van der Waals surface area contributed by atoms with Crippen molar-refractivity contribution in [2.75, 3.05) is 25.0 Å². The third kappa shape index (κ3) is 4.26. The molecule has 1 unspecified atom stereocenters. The maximum Gasteiger partial charge on any atom is 0.321 e. The molecule has 0 saturated carbocycles. The SMILES string of the molecule is O=C(Nc1ccc(OCc2ccccc2)cc1)N1CCC(CO)C1. The molecule has 1 aliphatic rings. The van der Waals surface area contributed by atoms with Crippen LogP contribution in [0.3, 0.4) is 0 Å². The van der Waals surface area contributed by atoms with Crippen molar-refractivity contribution in [1.29, 1.82) is 0 Å². The number of aliphatic hydroxyl groups is 1. The molecule has 0 aromatic heterocycles. The number of anilines is 1. The Morgan fingerprint density at radius 3 is 2.58 bits per heavy atom. The molecule has 5 nitrogen and oxygen atoms in total. The van der Waals surface area contributed by atoms with E-state index in [1.165, 1.54) is 0 Å². The molecule has 1 heterocycles. The molecule has 1 atom stereocenters. The molecule has 0 aliphatic carbocycles. The maximum atomic E-state index is 12.2. The zero-order valence-corrected chi connectivity index (χ0v) is 13.5. The number of carbonyl (C=O) groups excluding carboxylic acids is 1. The average Bonchev–Trinajstić information content (AvgIpc) is 3.11. The van der Waals surface area contributed by atoms with E-state index in [9.17, 15) is 4.79 Å². The molecule has 1 aliphatic heterocycles. The molecule has 5 heteroatoms. The molecule has 1 fully saturated rings. The van der Waals surface area contributed by atoms with E-state index in [4.69, 9.17) is 9.84 Å². The molecule has 2 amide bonds. The Morgan fingerprint density at radius 2 is 1.92 bits per heavy atom. The number of likely N-dealkylation sites (tertiary alicyclic amines) is 1. The van der Waals surface area contributed by atoms with Crippen LogP contribution in [0.4, 0.5) is 10.5 Å². The lowest BCUT2D eigenvalue weighted by atomic mass is 10.1. The predicted molar refractivity (Wildman–Crippen MR) is 93.0 cm³/mol. The molecule has 24 heavy (non-hydrogen) atoms. The summed E-state index contributed by atoms with van der Waals surface area (Å²) >= 11 is 0. The number of hydrogen-bond donors (Lipinski definition) is 2. The predicted octanol–water partition coefficient (Wildman–Crippen LogP) is 3.11. The zero-order chi connectivity index (χ0) is 16.8. The van der Waals surface area contributed by atoms with Crippen molar-refractivity contribution in [2.45, 2.75) is 13.0 Å². The van der Waals surface area contributed by atoms with E-state index in [0.717, 1.165) is 23.4 Å². The fraction of sp³-hybridized carbons (Fsp3) is 0.316. The number of nitrogens with zero attached hydrogens (tertiary/aromatic N) is 1. The quantitative estimate of drug-likeness (QED) is 0.887. The van der Waals surface area contributed by atoms with E-state index in [1.807, 2.05) is 54.6 Å². The fourth-order valence-electron chi connectivity index (χ4n) is 2.74. The number of benzene rings is 2. The topological polar surface area (TPSA) is 61.8 Å². The Bertz CT molecular complexity index is 658. The van der Waals surface area contributed by atoms with Gasteiger partial charge in [0.15, 0.2) is 0 Å². The molecule has 3 rings (SSSR count). The third-order valence-corrected chi connectivity index (χ3v) is 4.19. The van der Waals surface area contributed by atoms with Gasteiger partial charge in [0.1, 0.15) is 12.4 Å². The summed E-state index contributed by atoms with van der Waals surface area (Å²) in [5.74, 6) is 0.961. The van der Waals surface area contributed by atoms with Crippen molar-refractivity contribution in [2.24, 2.45) is 5.92 Å². The summed E-state index contributed by atoms with van der Waals surface area (Å²) in [7, 11) is 0. The standard InChI is InChI=1S/C19H22N2O3/c22-13-16-10-11-21(12-16)19(23)20-17-6-8-18(9-7-17)24-14-15-4-2-1-3-5-15/h1-9,16,22H,10-14H2,(H,20,23). The molecule has 126 valence electrons. The summed E-state index contributed by atoms with van der Waals surface area (Å²) in [6.07, 6.45) is 0.857. The molecule has 0 spiro atoms. The number of aliphatic hydroxyl groups excluding tert-OH is 1. The lowest BCUT2D eigenvalue weighted by Gasteiger charge is -2.17. The average molecular weight is 326 g/mol. The molecule has 2 aromatic carbocycles. The highest BCUT2D eigenvalue weighted by Crippen LogP contribution is 2.20. The van der Waals surface area contributed by atoms with Gasteiger partial charge in [-0.3, -0.25) is 0 Å².